The Morgan fingerprint density at radius 1 is 1.50 bits per heavy atom. The highest BCUT2D eigenvalue weighted by molar-refractivity contribution is 5.57. The molecule has 0 atom stereocenters. The molecule has 0 unspecified atom stereocenters. The molecule has 0 bridgehead atoms. The maximum Gasteiger partial charge on any atom is 0.251 e. The van der Waals surface area contributed by atoms with Crippen molar-refractivity contribution in [3.8, 4) is 11.4 Å². The topological polar surface area (TPSA) is 63.6 Å². The molecule has 0 aliphatic heterocycles. The smallest absolute Gasteiger partial charge is 0.251 e. The Bertz CT molecular complexity index is 568. The van der Waals surface area contributed by atoms with Crippen LogP contribution in [0.1, 0.15) is 18.3 Å². The Morgan fingerprint density at radius 3 is 2.88 bits per heavy atom. The second-order valence-electron chi connectivity index (χ2n) is 3.75. The van der Waals surface area contributed by atoms with E-state index in [0.717, 1.165) is 17.7 Å². The third-order valence-corrected chi connectivity index (χ3v) is 2.37. The summed E-state index contributed by atoms with van der Waals surface area (Å²) < 4.78 is 1.73. The minimum atomic E-state index is -0.131. The van der Waals surface area contributed by atoms with E-state index < -0.39 is 0 Å². The number of nitrogens with one attached hydrogen (secondary N) is 1. The van der Waals surface area contributed by atoms with Gasteiger partial charge in [0.25, 0.3) is 5.56 Å². The highest BCUT2D eigenvalue weighted by Gasteiger charge is 2.10. The van der Waals surface area contributed by atoms with Crippen molar-refractivity contribution < 1.29 is 0 Å². The molecular formula is C11H14N4O. The molecule has 84 valence electrons. The van der Waals surface area contributed by atoms with Crippen LogP contribution in [0.25, 0.3) is 11.4 Å². The molecule has 0 aromatic carbocycles. The lowest BCUT2D eigenvalue weighted by molar-refractivity contribution is 0.746. The SMILES string of the molecule is CCc1nn(C)cc1-c1nc(C)cc(=O)[nH]1. The minimum Gasteiger partial charge on any atom is -0.306 e. The van der Waals surface area contributed by atoms with Crippen molar-refractivity contribution in [1.29, 1.82) is 0 Å². The highest BCUT2D eigenvalue weighted by Crippen LogP contribution is 2.18. The number of rotatable bonds is 2. The van der Waals surface area contributed by atoms with Crippen molar-refractivity contribution >= 4 is 0 Å². The molecule has 0 fully saturated rings. The normalized spacial score (nSPS) is 10.7. The Hall–Kier alpha value is -1.91. The first-order valence-electron chi connectivity index (χ1n) is 5.21. The van der Waals surface area contributed by atoms with Crippen LogP contribution in [0.3, 0.4) is 0 Å². The van der Waals surface area contributed by atoms with Crippen molar-refractivity contribution in [1.82, 2.24) is 19.7 Å². The van der Waals surface area contributed by atoms with Crippen LogP contribution in [0, 0.1) is 6.92 Å². The lowest BCUT2D eigenvalue weighted by Crippen LogP contribution is -2.08. The molecule has 5 heteroatoms. The number of hydrogen-bond acceptors (Lipinski definition) is 3. The van der Waals surface area contributed by atoms with E-state index in [1.54, 1.807) is 11.6 Å². The van der Waals surface area contributed by atoms with Gasteiger partial charge in [0.15, 0.2) is 0 Å². The highest BCUT2D eigenvalue weighted by atomic mass is 16.1. The second kappa shape index (κ2) is 3.92. The van der Waals surface area contributed by atoms with Gasteiger partial charge in [-0.15, -0.1) is 0 Å². The van der Waals surface area contributed by atoms with Gasteiger partial charge in [-0.1, -0.05) is 6.92 Å². The van der Waals surface area contributed by atoms with Gasteiger partial charge in [-0.05, 0) is 13.3 Å². The predicted octanol–water partition coefficient (Wildman–Crippen LogP) is 1.04. The quantitative estimate of drug-likeness (QED) is 0.819. The van der Waals surface area contributed by atoms with Crippen molar-refractivity contribution in [3.63, 3.8) is 0 Å². The van der Waals surface area contributed by atoms with Crippen LogP contribution in [-0.2, 0) is 13.5 Å². The summed E-state index contributed by atoms with van der Waals surface area (Å²) in [6, 6.07) is 1.48. The molecule has 5 nitrogen and oxygen atoms in total. The number of nitrogens with zero attached hydrogens (tertiary/aromatic N) is 3. The zero-order chi connectivity index (χ0) is 11.7. The predicted molar refractivity (Wildman–Crippen MR) is 61.2 cm³/mol. The van der Waals surface area contributed by atoms with Gasteiger partial charge in [0.1, 0.15) is 5.82 Å². The summed E-state index contributed by atoms with van der Waals surface area (Å²) in [5, 5.41) is 4.32. The van der Waals surface area contributed by atoms with Crippen LogP contribution in [0.5, 0.6) is 0 Å². The molecular weight excluding hydrogens is 204 g/mol. The van der Waals surface area contributed by atoms with E-state index in [1.165, 1.54) is 6.07 Å². The van der Waals surface area contributed by atoms with E-state index in [9.17, 15) is 4.79 Å². The molecule has 0 radical (unpaired) electrons. The zero-order valence-corrected chi connectivity index (χ0v) is 9.61. The Balaban J connectivity index is 2.61. The van der Waals surface area contributed by atoms with E-state index in [0.29, 0.717) is 11.5 Å². The molecule has 0 aliphatic rings. The molecule has 16 heavy (non-hydrogen) atoms. The van der Waals surface area contributed by atoms with Gasteiger partial charge in [-0.2, -0.15) is 5.10 Å². The minimum absolute atomic E-state index is 0.131. The summed E-state index contributed by atoms with van der Waals surface area (Å²) in [4.78, 5) is 18.4. The number of aromatic amines is 1. The van der Waals surface area contributed by atoms with Crippen LogP contribution in [0.15, 0.2) is 17.1 Å². The average Bonchev–Trinajstić information content (AvgIpc) is 2.58. The first-order valence-corrected chi connectivity index (χ1v) is 5.21. The van der Waals surface area contributed by atoms with E-state index >= 15 is 0 Å². The molecule has 2 rings (SSSR count). The van der Waals surface area contributed by atoms with Gasteiger partial charge in [0.2, 0.25) is 0 Å². The monoisotopic (exact) mass is 218 g/mol. The van der Waals surface area contributed by atoms with E-state index in [2.05, 4.69) is 15.1 Å². The largest absolute Gasteiger partial charge is 0.306 e. The maximum atomic E-state index is 11.4. The van der Waals surface area contributed by atoms with Crippen molar-refractivity contribution in [3.05, 3.63) is 34.0 Å². The Labute approximate surface area is 93.2 Å². The van der Waals surface area contributed by atoms with Crippen LogP contribution >= 0.6 is 0 Å². The number of hydrogen-bond donors (Lipinski definition) is 1. The summed E-state index contributed by atoms with van der Waals surface area (Å²) in [6.07, 6.45) is 2.68. The molecule has 1 N–H and O–H groups in total. The third kappa shape index (κ3) is 1.88. The van der Waals surface area contributed by atoms with Crippen LogP contribution in [0.2, 0.25) is 0 Å². The molecule has 2 heterocycles. The number of H-pyrrole nitrogens is 1. The zero-order valence-electron chi connectivity index (χ0n) is 9.61. The molecule has 0 amide bonds. The molecule has 2 aromatic rings. The van der Waals surface area contributed by atoms with Gasteiger partial charge < -0.3 is 4.98 Å². The van der Waals surface area contributed by atoms with Gasteiger partial charge in [-0.3, -0.25) is 9.48 Å². The third-order valence-electron chi connectivity index (χ3n) is 2.37. The van der Waals surface area contributed by atoms with Gasteiger partial charge in [0.05, 0.1) is 11.3 Å². The van der Waals surface area contributed by atoms with Crippen molar-refractivity contribution in [2.24, 2.45) is 7.05 Å². The lowest BCUT2D eigenvalue weighted by atomic mass is 10.2. The summed E-state index contributed by atoms with van der Waals surface area (Å²) >= 11 is 0. The van der Waals surface area contributed by atoms with Crippen LogP contribution < -0.4 is 5.56 Å². The van der Waals surface area contributed by atoms with Crippen molar-refractivity contribution in [2.75, 3.05) is 0 Å². The fourth-order valence-corrected chi connectivity index (χ4v) is 1.70. The summed E-state index contributed by atoms with van der Waals surface area (Å²) in [5.74, 6) is 0.593. The van der Waals surface area contributed by atoms with Crippen LogP contribution in [-0.4, -0.2) is 19.7 Å². The Morgan fingerprint density at radius 2 is 2.25 bits per heavy atom. The maximum absolute atomic E-state index is 11.4. The molecule has 0 aliphatic carbocycles. The standard InChI is InChI=1S/C11H14N4O/c1-4-9-8(6-15(3)14-9)11-12-7(2)5-10(16)13-11/h5-6H,4H2,1-3H3,(H,12,13,16). The van der Waals surface area contributed by atoms with Gasteiger partial charge >= 0.3 is 0 Å². The summed E-state index contributed by atoms with van der Waals surface area (Å²) in [6.45, 7) is 3.83. The molecule has 0 saturated heterocycles. The number of aromatic nitrogens is 4. The average molecular weight is 218 g/mol. The van der Waals surface area contributed by atoms with E-state index in [1.807, 2.05) is 20.2 Å². The fourth-order valence-electron chi connectivity index (χ4n) is 1.70. The summed E-state index contributed by atoms with van der Waals surface area (Å²) in [7, 11) is 1.86. The number of aryl methyl sites for hydroxylation is 3. The van der Waals surface area contributed by atoms with Crippen LogP contribution in [0.4, 0.5) is 0 Å². The van der Waals surface area contributed by atoms with Gasteiger partial charge in [0, 0.05) is 25.0 Å². The fraction of sp³-hybridized carbons (Fsp3) is 0.364. The van der Waals surface area contributed by atoms with E-state index in [4.69, 9.17) is 0 Å². The first kappa shape index (κ1) is 10.6. The Kier molecular flexibility index (Phi) is 2.60. The second-order valence-corrected chi connectivity index (χ2v) is 3.75. The lowest BCUT2D eigenvalue weighted by Gasteiger charge is -2.00. The summed E-state index contributed by atoms with van der Waals surface area (Å²) in [5.41, 5.74) is 2.42. The molecule has 0 spiro atoms. The molecule has 2 aromatic heterocycles. The van der Waals surface area contributed by atoms with Gasteiger partial charge in [-0.25, -0.2) is 4.98 Å². The van der Waals surface area contributed by atoms with E-state index in [-0.39, 0.29) is 5.56 Å². The van der Waals surface area contributed by atoms with Crippen molar-refractivity contribution in [2.45, 2.75) is 20.3 Å². The first-order chi connectivity index (χ1) is 7.60. The molecule has 0 saturated carbocycles.